The van der Waals surface area contributed by atoms with Gasteiger partial charge in [0.2, 0.25) is 21.8 Å². The normalized spacial score (nSPS) is 12.8. The molecular weight excluding hydrogens is 565 g/mol. The van der Waals surface area contributed by atoms with Crippen LogP contribution in [0.1, 0.15) is 44.2 Å². The Kier molecular flexibility index (Phi) is 11.7. The third kappa shape index (κ3) is 9.57. The number of sulfonamides is 1. The molecule has 0 unspecified atom stereocenters. The van der Waals surface area contributed by atoms with Gasteiger partial charge in [-0.05, 0) is 55.2 Å². The highest BCUT2D eigenvalue weighted by atomic mass is 35.5. The van der Waals surface area contributed by atoms with Gasteiger partial charge in [0.05, 0.1) is 11.9 Å². The lowest BCUT2D eigenvalue weighted by Gasteiger charge is -2.32. The van der Waals surface area contributed by atoms with Crippen LogP contribution in [0.3, 0.4) is 0 Å². The Morgan fingerprint density at radius 3 is 2.27 bits per heavy atom. The highest BCUT2D eigenvalue weighted by molar-refractivity contribution is 7.92. The summed E-state index contributed by atoms with van der Waals surface area (Å²) in [6.07, 6.45) is 2.09. The summed E-state index contributed by atoms with van der Waals surface area (Å²) in [4.78, 5) is 29.0. The molecule has 0 heterocycles. The van der Waals surface area contributed by atoms with E-state index in [1.165, 1.54) is 23.1 Å². The molecule has 0 saturated heterocycles. The van der Waals surface area contributed by atoms with Gasteiger partial charge in [0, 0.05) is 37.0 Å². The zero-order chi connectivity index (χ0) is 30.0. The summed E-state index contributed by atoms with van der Waals surface area (Å²) in [5.74, 6) is -1.27. The fourth-order valence-electron chi connectivity index (χ4n) is 4.46. The summed E-state index contributed by atoms with van der Waals surface area (Å²) in [6.45, 7) is 3.91. The number of nitrogens with zero attached hydrogens (tertiary/aromatic N) is 2. The number of halogens is 2. The lowest BCUT2D eigenvalue weighted by molar-refractivity contribution is -0.141. The number of hydrogen-bond acceptors (Lipinski definition) is 4. The van der Waals surface area contributed by atoms with Crippen molar-refractivity contribution in [2.24, 2.45) is 0 Å². The number of carbonyl (C=O) groups is 2. The molecule has 2 amide bonds. The molecule has 10 heteroatoms. The van der Waals surface area contributed by atoms with Crippen molar-refractivity contribution in [1.29, 1.82) is 0 Å². The highest BCUT2D eigenvalue weighted by Gasteiger charge is 2.31. The lowest BCUT2D eigenvalue weighted by Crippen LogP contribution is -2.52. The summed E-state index contributed by atoms with van der Waals surface area (Å²) in [5.41, 5.74) is 1.57. The van der Waals surface area contributed by atoms with E-state index in [0.717, 1.165) is 28.1 Å². The molecule has 0 aliphatic rings. The van der Waals surface area contributed by atoms with Crippen molar-refractivity contribution in [2.45, 2.75) is 58.2 Å². The van der Waals surface area contributed by atoms with Crippen LogP contribution in [-0.2, 0) is 32.6 Å². The van der Waals surface area contributed by atoms with E-state index < -0.39 is 21.9 Å². The number of benzene rings is 3. The minimum absolute atomic E-state index is 0.0526. The zero-order valence-corrected chi connectivity index (χ0v) is 25.2. The van der Waals surface area contributed by atoms with Gasteiger partial charge >= 0.3 is 0 Å². The number of carbonyl (C=O) groups excluding carboxylic acids is 2. The first kappa shape index (κ1) is 32.1. The third-order valence-electron chi connectivity index (χ3n) is 6.79. The predicted octanol–water partition coefficient (Wildman–Crippen LogP) is 5.58. The predicted molar refractivity (Wildman–Crippen MR) is 162 cm³/mol. The van der Waals surface area contributed by atoms with Gasteiger partial charge in [-0.25, -0.2) is 12.8 Å². The van der Waals surface area contributed by atoms with Gasteiger partial charge in [0.25, 0.3) is 0 Å². The fourth-order valence-corrected chi connectivity index (χ4v) is 5.64. The summed E-state index contributed by atoms with van der Waals surface area (Å²) < 4.78 is 40.4. The smallest absolute Gasteiger partial charge is 0.243 e. The average molecular weight is 602 g/mol. The van der Waals surface area contributed by atoms with E-state index in [1.54, 1.807) is 24.3 Å². The molecular formula is C31H37ClFN3O4S. The van der Waals surface area contributed by atoms with Crippen LogP contribution in [0, 0.1) is 5.82 Å². The summed E-state index contributed by atoms with van der Waals surface area (Å²) in [5, 5.41) is 3.52. The maximum Gasteiger partial charge on any atom is 0.243 e. The monoisotopic (exact) mass is 601 g/mol. The average Bonchev–Trinajstić information content (AvgIpc) is 2.93. The molecule has 3 aromatic carbocycles. The van der Waals surface area contributed by atoms with Gasteiger partial charge in [-0.3, -0.25) is 13.9 Å². The van der Waals surface area contributed by atoms with E-state index in [-0.39, 0.29) is 49.5 Å². The third-order valence-corrected chi connectivity index (χ3v) is 8.20. The van der Waals surface area contributed by atoms with Crippen molar-refractivity contribution < 1.29 is 22.4 Å². The topological polar surface area (TPSA) is 86.8 Å². The Bertz CT molecular complexity index is 1420. The number of nitrogens with one attached hydrogen (secondary N) is 1. The maximum absolute atomic E-state index is 14.5. The summed E-state index contributed by atoms with van der Waals surface area (Å²) >= 11 is 6.22. The number of anilines is 1. The zero-order valence-electron chi connectivity index (χ0n) is 23.6. The Morgan fingerprint density at radius 2 is 1.63 bits per heavy atom. The Morgan fingerprint density at radius 1 is 0.976 bits per heavy atom. The van der Waals surface area contributed by atoms with E-state index in [1.807, 2.05) is 50.2 Å². The molecule has 0 aliphatic heterocycles. The van der Waals surface area contributed by atoms with Crippen molar-refractivity contribution in [3.05, 3.63) is 101 Å². The number of hydrogen-bond donors (Lipinski definition) is 1. The van der Waals surface area contributed by atoms with Gasteiger partial charge < -0.3 is 10.2 Å². The van der Waals surface area contributed by atoms with Crippen LogP contribution in [-0.4, -0.2) is 50.0 Å². The van der Waals surface area contributed by atoms with Gasteiger partial charge in [0.15, 0.2) is 0 Å². The fraction of sp³-hybridized carbons (Fsp3) is 0.355. The molecule has 3 aromatic rings. The Balaban J connectivity index is 1.90. The highest BCUT2D eigenvalue weighted by Crippen LogP contribution is 2.23. The van der Waals surface area contributed by atoms with Crippen LogP contribution in [0.5, 0.6) is 0 Å². The van der Waals surface area contributed by atoms with Gasteiger partial charge in [-0.1, -0.05) is 73.1 Å². The molecule has 0 aromatic heterocycles. The van der Waals surface area contributed by atoms with Crippen molar-refractivity contribution in [3.8, 4) is 0 Å². The van der Waals surface area contributed by atoms with Crippen molar-refractivity contribution in [1.82, 2.24) is 10.2 Å². The minimum Gasteiger partial charge on any atom is -0.352 e. The second-order valence-electron chi connectivity index (χ2n) is 10.1. The molecule has 1 N–H and O–H groups in total. The van der Waals surface area contributed by atoms with Crippen LogP contribution in [0.4, 0.5) is 10.1 Å². The molecule has 7 nitrogen and oxygen atoms in total. The maximum atomic E-state index is 14.5. The first-order valence-electron chi connectivity index (χ1n) is 13.6. The van der Waals surface area contributed by atoms with Crippen molar-refractivity contribution in [2.75, 3.05) is 17.1 Å². The number of amides is 2. The lowest BCUT2D eigenvalue weighted by atomic mass is 10.0. The molecule has 0 radical (unpaired) electrons. The molecule has 41 heavy (non-hydrogen) atoms. The Labute approximate surface area is 247 Å². The van der Waals surface area contributed by atoms with Crippen LogP contribution >= 0.6 is 11.6 Å². The van der Waals surface area contributed by atoms with E-state index in [2.05, 4.69) is 5.32 Å². The van der Waals surface area contributed by atoms with Gasteiger partial charge in [-0.2, -0.15) is 0 Å². The first-order chi connectivity index (χ1) is 19.5. The minimum atomic E-state index is -3.81. The molecule has 0 bridgehead atoms. The Hall–Kier alpha value is -3.43. The molecule has 0 fully saturated rings. The molecule has 2 atom stereocenters. The standard InChI is InChI=1S/C31H37ClFN3O4S/c1-4-23(2)34-31(38)29(21-24-12-6-5-7-13-24)35(22-25-14-10-15-26(32)20-25)30(37)18-11-19-36(41(3,39)40)28-17-9-8-16-27(28)33/h5-10,12-17,20,23,29H,4,11,18-19,21-22H2,1-3H3,(H,34,38)/t23-,29-/m0/s1. The number of para-hydroxylation sites is 1. The van der Waals surface area contributed by atoms with Crippen LogP contribution in [0.2, 0.25) is 5.02 Å². The quantitative estimate of drug-likeness (QED) is 0.261. The van der Waals surface area contributed by atoms with Crippen molar-refractivity contribution >= 4 is 39.1 Å². The summed E-state index contributed by atoms with van der Waals surface area (Å²) in [7, 11) is -3.81. The summed E-state index contributed by atoms with van der Waals surface area (Å²) in [6, 6.07) is 21.3. The van der Waals surface area contributed by atoms with E-state index in [9.17, 15) is 22.4 Å². The molecule has 3 rings (SSSR count). The largest absolute Gasteiger partial charge is 0.352 e. The van der Waals surface area contributed by atoms with Crippen LogP contribution in [0.15, 0.2) is 78.9 Å². The second-order valence-corrected chi connectivity index (χ2v) is 12.4. The van der Waals surface area contributed by atoms with Crippen molar-refractivity contribution in [3.63, 3.8) is 0 Å². The molecule has 0 spiro atoms. The number of rotatable bonds is 14. The molecule has 0 saturated carbocycles. The van der Waals surface area contributed by atoms with E-state index in [0.29, 0.717) is 11.4 Å². The molecule has 220 valence electrons. The van der Waals surface area contributed by atoms with E-state index in [4.69, 9.17) is 11.6 Å². The molecule has 0 aliphatic carbocycles. The van der Waals surface area contributed by atoms with Crippen LogP contribution in [0.25, 0.3) is 0 Å². The van der Waals surface area contributed by atoms with E-state index >= 15 is 0 Å². The SMILES string of the molecule is CC[C@H](C)NC(=O)[C@H](Cc1ccccc1)N(Cc1cccc(Cl)c1)C(=O)CCCN(c1ccccc1F)S(C)(=O)=O. The first-order valence-corrected chi connectivity index (χ1v) is 15.8. The second kappa shape index (κ2) is 15.0. The van der Waals surface area contributed by atoms with Crippen LogP contribution < -0.4 is 9.62 Å². The van der Waals surface area contributed by atoms with Gasteiger partial charge in [-0.15, -0.1) is 0 Å². The van der Waals surface area contributed by atoms with Gasteiger partial charge in [0.1, 0.15) is 11.9 Å².